The van der Waals surface area contributed by atoms with Crippen molar-refractivity contribution in [1.29, 1.82) is 0 Å². The highest BCUT2D eigenvalue weighted by Gasteiger charge is 2.36. The smallest absolute Gasteiger partial charge is 0.311 e. The second-order valence-corrected chi connectivity index (χ2v) is 7.46. The summed E-state index contributed by atoms with van der Waals surface area (Å²) in [6, 6.07) is 11.7. The van der Waals surface area contributed by atoms with Crippen LogP contribution in [0.4, 0.5) is 11.4 Å². The summed E-state index contributed by atoms with van der Waals surface area (Å²) in [6.45, 7) is 2.13. The zero-order valence-corrected chi connectivity index (χ0v) is 17.7. The number of ether oxygens (including phenoxy) is 2. The molecule has 30 heavy (non-hydrogen) atoms. The number of carbonyl (C=O) groups is 3. The molecule has 0 spiro atoms. The summed E-state index contributed by atoms with van der Waals surface area (Å²) in [4.78, 5) is 38.2. The molecule has 2 aromatic rings. The minimum absolute atomic E-state index is 0.0216. The van der Waals surface area contributed by atoms with Crippen molar-refractivity contribution in [3.05, 3.63) is 52.5 Å². The Balaban J connectivity index is 1.53. The molecule has 1 aliphatic rings. The van der Waals surface area contributed by atoms with Crippen molar-refractivity contribution in [1.82, 2.24) is 0 Å². The first-order chi connectivity index (χ1) is 14.4. The highest BCUT2D eigenvalue weighted by atomic mass is 35.5. The van der Waals surface area contributed by atoms with E-state index in [9.17, 15) is 14.4 Å². The van der Waals surface area contributed by atoms with Crippen molar-refractivity contribution in [2.75, 3.05) is 30.0 Å². The molecule has 0 aromatic heterocycles. The van der Waals surface area contributed by atoms with Crippen molar-refractivity contribution >= 4 is 52.4 Å². The molecule has 1 fully saturated rings. The standard InChI is InChI=1S/C21H20Cl2N2O5/c1-2-29-16-6-4-15(5-7-16)25-11-13(9-20(25)27)21(28)30-12-19(26)24-18-10-14(22)3-8-17(18)23/h3-8,10,13H,2,9,11-12H2,1H3,(H,24,26). The summed E-state index contributed by atoms with van der Waals surface area (Å²) in [5, 5.41) is 3.25. The fourth-order valence-electron chi connectivity index (χ4n) is 3.04. The number of anilines is 2. The maximum Gasteiger partial charge on any atom is 0.311 e. The van der Waals surface area contributed by atoms with Crippen LogP contribution in [0.5, 0.6) is 5.75 Å². The average molecular weight is 451 g/mol. The normalized spacial score (nSPS) is 15.8. The molecule has 0 radical (unpaired) electrons. The highest BCUT2D eigenvalue weighted by Crippen LogP contribution is 2.28. The van der Waals surface area contributed by atoms with Crippen molar-refractivity contribution in [2.45, 2.75) is 13.3 Å². The Labute approximate surface area is 183 Å². The number of carbonyl (C=O) groups excluding carboxylic acids is 3. The van der Waals surface area contributed by atoms with Crippen molar-refractivity contribution in [2.24, 2.45) is 5.92 Å². The Morgan fingerprint density at radius 2 is 1.90 bits per heavy atom. The molecule has 3 rings (SSSR count). The molecule has 2 aromatic carbocycles. The van der Waals surface area contributed by atoms with E-state index in [-0.39, 0.29) is 18.9 Å². The van der Waals surface area contributed by atoms with E-state index in [1.807, 2.05) is 6.92 Å². The second-order valence-electron chi connectivity index (χ2n) is 6.61. The monoisotopic (exact) mass is 450 g/mol. The van der Waals surface area contributed by atoms with Crippen LogP contribution in [0.1, 0.15) is 13.3 Å². The molecule has 0 saturated carbocycles. The maximum absolute atomic E-state index is 12.3. The Kier molecular flexibility index (Phi) is 7.18. The van der Waals surface area contributed by atoms with Gasteiger partial charge in [-0.2, -0.15) is 0 Å². The van der Waals surface area contributed by atoms with Gasteiger partial charge in [0.25, 0.3) is 5.91 Å². The van der Waals surface area contributed by atoms with Gasteiger partial charge in [0.1, 0.15) is 5.75 Å². The number of rotatable bonds is 7. The van der Waals surface area contributed by atoms with E-state index in [0.717, 1.165) is 0 Å². The van der Waals surface area contributed by atoms with Gasteiger partial charge in [-0.1, -0.05) is 23.2 Å². The van der Waals surface area contributed by atoms with E-state index in [0.29, 0.717) is 33.8 Å². The predicted molar refractivity (Wildman–Crippen MR) is 114 cm³/mol. The third-order valence-corrected chi connectivity index (χ3v) is 5.03. The summed E-state index contributed by atoms with van der Waals surface area (Å²) in [7, 11) is 0. The molecule has 7 nitrogen and oxygen atoms in total. The van der Waals surface area contributed by atoms with Crippen LogP contribution < -0.4 is 15.0 Å². The average Bonchev–Trinajstić information content (AvgIpc) is 3.11. The number of amides is 2. The molecule has 158 valence electrons. The van der Waals surface area contributed by atoms with Gasteiger partial charge in [-0.25, -0.2) is 0 Å². The van der Waals surface area contributed by atoms with Crippen LogP contribution in [0.3, 0.4) is 0 Å². The summed E-state index contributed by atoms with van der Waals surface area (Å²) >= 11 is 11.9. The van der Waals surface area contributed by atoms with Crippen LogP contribution in [-0.2, 0) is 19.1 Å². The van der Waals surface area contributed by atoms with Gasteiger partial charge in [0.05, 0.1) is 23.2 Å². The number of hydrogen-bond donors (Lipinski definition) is 1. The van der Waals surface area contributed by atoms with Crippen molar-refractivity contribution in [3.8, 4) is 5.75 Å². The first-order valence-electron chi connectivity index (χ1n) is 9.32. The van der Waals surface area contributed by atoms with Gasteiger partial charge in [0, 0.05) is 23.7 Å². The van der Waals surface area contributed by atoms with Crippen molar-refractivity contribution < 1.29 is 23.9 Å². The van der Waals surface area contributed by atoms with Gasteiger partial charge in [-0.05, 0) is 49.4 Å². The summed E-state index contributed by atoms with van der Waals surface area (Å²) in [6.07, 6.45) is 0.0216. The van der Waals surface area contributed by atoms with Gasteiger partial charge >= 0.3 is 5.97 Å². The second kappa shape index (κ2) is 9.82. The molecular formula is C21H20Cl2N2O5. The van der Waals surface area contributed by atoms with Crippen molar-refractivity contribution in [3.63, 3.8) is 0 Å². The molecule has 1 aliphatic heterocycles. The Hall–Kier alpha value is -2.77. The van der Waals surface area contributed by atoms with E-state index in [4.69, 9.17) is 32.7 Å². The van der Waals surface area contributed by atoms with Crippen LogP contribution in [0.2, 0.25) is 10.0 Å². The third kappa shape index (κ3) is 5.43. The Morgan fingerprint density at radius 3 is 2.60 bits per heavy atom. The minimum Gasteiger partial charge on any atom is -0.494 e. The Morgan fingerprint density at radius 1 is 1.17 bits per heavy atom. The summed E-state index contributed by atoms with van der Waals surface area (Å²) in [5.41, 5.74) is 0.995. The fraction of sp³-hybridized carbons (Fsp3) is 0.286. The Bertz CT molecular complexity index is 949. The number of nitrogens with zero attached hydrogens (tertiary/aromatic N) is 1. The van der Waals surface area contributed by atoms with E-state index in [1.165, 1.54) is 11.0 Å². The largest absolute Gasteiger partial charge is 0.494 e. The van der Waals surface area contributed by atoms with Gasteiger partial charge in [-0.15, -0.1) is 0 Å². The predicted octanol–water partition coefficient (Wildman–Crippen LogP) is 3.93. The van der Waals surface area contributed by atoms with Crippen LogP contribution >= 0.6 is 23.2 Å². The lowest BCUT2D eigenvalue weighted by atomic mass is 10.1. The van der Waals surface area contributed by atoms with Gasteiger partial charge in [0.2, 0.25) is 5.91 Å². The zero-order valence-electron chi connectivity index (χ0n) is 16.2. The number of hydrogen-bond acceptors (Lipinski definition) is 5. The number of halogens is 2. The first kappa shape index (κ1) is 21.9. The van der Waals surface area contributed by atoms with E-state index in [2.05, 4.69) is 5.32 Å². The number of nitrogens with one attached hydrogen (secondary N) is 1. The molecule has 9 heteroatoms. The molecular weight excluding hydrogens is 431 g/mol. The zero-order chi connectivity index (χ0) is 21.7. The van der Waals surface area contributed by atoms with E-state index < -0.39 is 24.4 Å². The fourth-order valence-corrected chi connectivity index (χ4v) is 3.37. The van der Waals surface area contributed by atoms with Crippen LogP contribution in [0.25, 0.3) is 0 Å². The van der Waals surface area contributed by atoms with E-state index >= 15 is 0 Å². The van der Waals surface area contributed by atoms with Crippen LogP contribution in [0, 0.1) is 5.92 Å². The lowest BCUT2D eigenvalue weighted by Crippen LogP contribution is -2.28. The summed E-state index contributed by atoms with van der Waals surface area (Å²) in [5.74, 6) is -1.29. The van der Waals surface area contributed by atoms with E-state index in [1.54, 1.807) is 36.4 Å². The maximum atomic E-state index is 12.3. The quantitative estimate of drug-likeness (QED) is 0.645. The SMILES string of the molecule is CCOc1ccc(N2CC(C(=O)OCC(=O)Nc3cc(Cl)ccc3Cl)CC2=O)cc1. The molecule has 1 atom stereocenters. The number of esters is 1. The molecule has 2 amide bonds. The molecule has 0 bridgehead atoms. The first-order valence-corrected chi connectivity index (χ1v) is 10.1. The van der Waals surface area contributed by atoms with Crippen LogP contribution in [0.15, 0.2) is 42.5 Å². The number of benzene rings is 2. The topological polar surface area (TPSA) is 84.9 Å². The van der Waals surface area contributed by atoms with Gasteiger partial charge < -0.3 is 19.7 Å². The van der Waals surface area contributed by atoms with Gasteiger partial charge in [0.15, 0.2) is 6.61 Å². The third-order valence-electron chi connectivity index (χ3n) is 4.47. The summed E-state index contributed by atoms with van der Waals surface area (Å²) < 4.78 is 10.5. The molecule has 1 unspecified atom stereocenters. The lowest BCUT2D eigenvalue weighted by Gasteiger charge is -2.17. The molecule has 1 heterocycles. The van der Waals surface area contributed by atoms with Crippen LogP contribution in [-0.4, -0.2) is 37.5 Å². The lowest BCUT2D eigenvalue weighted by molar-refractivity contribution is -0.151. The molecule has 0 aliphatic carbocycles. The highest BCUT2D eigenvalue weighted by molar-refractivity contribution is 6.35. The minimum atomic E-state index is -0.647. The molecule has 1 saturated heterocycles. The van der Waals surface area contributed by atoms with Gasteiger partial charge in [-0.3, -0.25) is 14.4 Å². The molecule has 1 N–H and O–H groups in total.